The second kappa shape index (κ2) is 5.31. The molecule has 0 aliphatic rings. The summed E-state index contributed by atoms with van der Waals surface area (Å²) < 4.78 is 5.42. The summed E-state index contributed by atoms with van der Waals surface area (Å²) in [6, 6.07) is 7.83. The Morgan fingerprint density at radius 3 is 2.72 bits per heavy atom. The van der Waals surface area contributed by atoms with Crippen LogP contribution in [0, 0.1) is 0 Å². The predicted molar refractivity (Wildman–Crippen MR) is 71.0 cm³/mol. The maximum absolute atomic E-state index is 9.58. The van der Waals surface area contributed by atoms with E-state index in [2.05, 4.69) is 10.3 Å². The summed E-state index contributed by atoms with van der Waals surface area (Å²) in [6.07, 6.45) is 0. The molecule has 0 amide bonds. The third-order valence-electron chi connectivity index (χ3n) is 2.55. The molecule has 18 heavy (non-hydrogen) atoms. The molecule has 1 heterocycles. The molecule has 1 aromatic carbocycles. The van der Waals surface area contributed by atoms with Crippen LogP contribution in [0.3, 0.4) is 0 Å². The Morgan fingerprint density at radius 1 is 1.39 bits per heavy atom. The van der Waals surface area contributed by atoms with Gasteiger partial charge < -0.3 is 14.8 Å². The van der Waals surface area contributed by atoms with Crippen LogP contribution >= 0.6 is 11.6 Å². The van der Waals surface area contributed by atoms with Crippen LogP contribution < -0.4 is 5.32 Å². The summed E-state index contributed by atoms with van der Waals surface area (Å²) in [5, 5.41) is 13.3. The van der Waals surface area contributed by atoms with E-state index in [0.29, 0.717) is 23.3 Å². The molecule has 2 rings (SSSR count). The molecule has 0 fully saturated rings. The van der Waals surface area contributed by atoms with Crippen molar-refractivity contribution in [3.8, 4) is 5.88 Å². The van der Waals surface area contributed by atoms with Crippen LogP contribution in [0.15, 0.2) is 28.7 Å². The van der Waals surface area contributed by atoms with Crippen LogP contribution in [-0.4, -0.2) is 10.1 Å². The standard InChI is InChI=1S/C13H15ClN2O2/c1-8(2)11-12(17)16-13(18-11)15-7-9-5-3-4-6-10(9)14/h3-6,8,17H,7H2,1-2H3,(H,15,16). The van der Waals surface area contributed by atoms with Gasteiger partial charge in [0.25, 0.3) is 11.9 Å². The van der Waals surface area contributed by atoms with Gasteiger partial charge in [-0.25, -0.2) is 0 Å². The Bertz CT molecular complexity index is 538. The van der Waals surface area contributed by atoms with Crippen molar-refractivity contribution >= 4 is 17.6 Å². The molecule has 4 nitrogen and oxygen atoms in total. The van der Waals surface area contributed by atoms with Crippen LogP contribution in [0.5, 0.6) is 5.88 Å². The number of oxazole rings is 1. The highest BCUT2D eigenvalue weighted by molar-refractivity contribution is 6.31. The van der Waals surface area contributed by atoms with E-state index < -0.39 is 0 Å². The number of halogens is 1. The summed E-state index contributed by atoms with van der Waals surface area (Å²) in [6.45, 7) is 4.35. The lowest BCUT2D eigenvalue weighted by Crippen LogP contribution is -1.99. The SMILES string of the molecule is CC(C)c1oc(NCc2ccccc2Cl)nc1O. The Morgan fingerprint density at radius 2 is 2.11 bits per heavy atom. The molecule has 0 spiro atoms. The van der Waals surface area contributed by atoms with Gasteiger partial charge in [0.05, 0.1) is 0 Å². The van der Waals surface area contributed by atoms with Crippen LogP contribution in [-0.2, 0) is 6.54 Å². The molecular formula is C13H15ClN2O2. The van der Waals surface area contributed by atoms with Gasteiger partial charge in [0, 0.05) is 17.5 Å². The molecule has 1 aromatic heterocycles. The van der Waals surface area contributed by atoms with Crippen molar-refractivity contribution in [3.05, 3.63) is 40.6 Å². The van der Waals surface area contributed by atoms with Crippen molar-refractivity contribution in [2.75, 3.05) is 5.32 Å². The first-order valence-corrected chi connectivity index (χ1v) is 6.12. The quantitative estimate of drug-likeness (QED) is 0.884. The average molecular weight is 267 g/mol. The minimum absolute atomic E-state index is 0.0633. The van der Waals surface area contributed by atoms with Gasteiger partial charge in [0.1, 0.15) is 0 Å². The first-order valence-electron chi connectivity index (χ1n) is 5.75. The van der Waals surface area contributed by atoms with E-state index in [-0.39, 0.29) is 11.8 Å². The number of rotatable bonds is 4. The van der Waals surface area contributed by atoms with E-state index in [1.54, 1.807) is 0 Å². The van der Waals surface area contributed by atoms with E-state index in [1.165, 1.54) is 0 Å². The summed E-state index contributed by atoms with van der Waals surface area (Å²) >= 11 is 6.04. The van der Waals surface area contributed by atoms with Gasteiger partial charge >= 0.3 is 0 Å². The molecule has 0 aliphatic heterocycles. The van der Waals surface area contributed by atoms with Crippen molar-refractivity contribution in [1.82, 2.24) is 4.98 Å². The normalized spacial score (nSPS) is 10.9. The number of nitrogens with one attached hydrogen (secondary N) is 1. The van der Waals surface area contributed by atoms with E-state index in [1.807, 2.05) is 38.1 Å². The van der Waals surface area contributed by atoms with Crippen molar-refractivity contribution in [3.63, 3.8) is 0 Å². The fourth-order valence-electron chi connectivity index (χ4n) is 1.59. The minimum Gasteiger partial charge on any atom is -0.491 e. The van der Waals surface area contributed by atoms with E-state index in [9.17, 15) is 5.11 Å². The number of benzene rings is 1. The molecule has 2 aromatic rings. The van der Waals surface area contributed by atoms with Crippen LogP contribution in [0.25, 0.3) is 0 Å². The monoisotopic (exact) mass is 266 g/mol. The molecule has 0 bridgehead atoms. The molecule has 2 N–H and O–H groups in total. The van der Waals surface area contributed by atoms with Gasteiger partial charge in [0.2, 0.25) is 0 Å². The Balaban J connectivity index is 2.07. The Hall–Kier alpha value is -1.68. The Kier molecular flexibility index (Phi) is 3.77. The lowest BCUT2D eigenvalue weighted by atomic mass is 10.2. The number of hydrogen-bond acceptors (Lipinski definition) is 4. The minimum atomic E-state index is -0.0633. The fraction of sp³-hybridized carbons (Fsp3) is 0.308. The van der Waals surface area contributed by atoms with Gasteiger partial charge in [-0.1, -0.05) is 43.6 Å². The summed E-state index contributed by atoms with van der Waals surface area (Å²) in [5.74, 6) is 0.511. The topological polar surface area (TPSA) is 58.3 Å². The number of aromatic nitrogens is 1. The van der Waals surface area contributed by atoms with Crippen molar-refractivity contribution in [1.29, 1.82) is 0 Å². The molecule has 96 valence electrons. The van der Waals surface area contributed by atoms with Crippen molar-refractivity contribution < 1.29 is 9.52 Å². The van der Waals surface area contributed by atoms with Gasteiger partial charge in [-0.15, -0.1) is 0 Å². The van der Waals surface area contributed by atoms with E-state index >= 15 is 0 Å². The number of anilines is 1. The molecule has 0 aliphatic carbocycles. The largest absolute Gasteiger partial charge is 0.491 e. The third-order valence-corrected chi connectivity index (χ3v) is 2.92. The smallest absolute Gasteiger partial charge is 0.298 e. The first kappa shape index (κ1) is 12.8. The first-order chi connectivity index (χ1) is 8.58. The van der Waals surface area contributed by atoms with Gasteiger partial charge in [-0.2, -0.15) is 4.98 Å². The number of aromatic hydroxyl groups is 1. The highest BCUT2D eigenvalue weighted by Crippen LogP contribution is 2.28. The zero-order valence-corrected chi connectivity index (χ0v) is 11.0. The van der Waals surface area contributed by atoms with E-state index in [0.717, 1.165) is 5.56 Å². The van der Waals surface area contributed by atoms with Gasteiger partial charge in [-0.3, -0.25) is 0 Å². The molecule has 0 radical (unpaired) electrons. The zero-order chi connectivity index (χ0) is 13.1. The highest BCUT2D eigenvalue weighted by Gasteiger charge is 2.15. The second-order valence-electron chi connectivity index (χ2n) is 4.31. The molecule has 0 saturated heterocycles. The lowest BCUT2D eigenvalue weighted by Gasteiger charge is -2.04. The van der Waals surface area contributed by atoms with Crippen molar-refractivity contribution in [2.45, 2.75) is 26.3 Å². The number of nitrogens with zero attached hydrogens (tertiary/aromatic N) is 1. The summed E-state index contributed by atoms with van der Waals surface area (Å²) in [5.41, 5.74) is 0.947. The maximum atomic E-state index is 9.58. The van der Waals surface area contributed by atoms with Crippen LogP contribution in [0.4, 0.5) is 6.01 Å². The predicted octanol–water partition coefficient (Wildman–Crippen LogP) is 3.77. The molecule has 0 saturated carbocycles. The zero-order valence-electron chi connectivity index (χ0n) is 10.3. The molecular weight excluding hydrogens is 252 g/mol. The highest BCUT2D eigenvalue weighted by atomic mass is 35.5. The second-order valence-corrected chi connectivity index (χ2v) is 4.71. The van der Waals surface area contributed by atoms with Gasteiger partial charge in [-0.05, 0) is 11.6 Å². The molecule has 5 heteroatoms. The van der Waals surface area contributed by atoms with Gasteiger partial charge in [0.15, 0.2) is 5.76 Å². The average Bonchev–Trinajstić information content (AvgIpc) is 2.70. The van der Waals surface area contributed by atoms with Crippen LogP contribution in [0.1, 0.15) is 31.1 Å². The molecule has 0 atom stereocenters. The van der Waals surface area contributed by atoms with E-state index in [4.69, 9.17) is 16.0 Å². The molecule has 0 unspecified atom stereocenters. The fourth-order valence-corrected chi connectivity index (χ4v) is 1.79. The third kappa shape index (κ3) is 2.76. The number of hydrogen-bond donors (Lipinski definition) is 2. The lowest BCUT2D eigenvalue weighted by molar-refractivity contribution is 0.417. The van der Waals surface area contributed by atoms with Crippen LogP contribution in [0.2, 0.25) is 5.02 Å². The maximum Gasteiger partial charge on any atom is 0.298 e. The summed E-state index contributed by atoms with van der Waals surface area (Å²) in [7, 11) is 0. The Labute approximate surface area is 111 Å². The van der Waals surface area contributed by atoms with Crippen molar-refractivity contribution in [2.24, 2.45) is 0 Å². The summed E-state index contributed by atoms with van der Waals surface area (Å²) in [4.78, 5) is 3.91.